The SMILES string of the molecule is CN=C(NCc1cc(C(C)C)no1)NCC1CCCOC1C(C)(C)C.I. The van der Waals surface area contributed by atoms with Gasteiger partial charge < -0.3 is 19.9 Å². The average Bonchev–Trinajstić information content (AvgIpc) is 3.04. The molecule has 0 bridgehead atoms. The molecule has 2 atom stereocenters. The Hall–Kier alpha value is -0.830. The number of nitrogens with zero attached hydrogens (tertiary/aromatic N) is 2. The first kappa shape index (κ1) is 23.2. The molecule has 1 aromatic heterocycles. The molecule has 6 nitrogen and oxygen atoms in total. The summed E-state index contributed by atoms with van der Waals surface area (Å²) in [5.41, 5.74) is 1.13. The fourth-order valence-electron chi connectivity index (χ4n) is 3.31. The zero-order chi connectivity index (χ0) is 18.4. The molecular weight excluding hydrogens is 443 g/mol. The molecule has 0 radical (unpaired) electrons. The van der Waals surface area contributed by atoms with E-state index in [-0.39, 0.29) is 35.5 Å². The van der Waals surface area contributed by atoms with Gasteiger partial charge in [-0.1, -0.05) is 39.8 Å². The van der Waals surface area contributed by atoms with Gasteiger partial charge in [0.2, 0.25) is 0 Å². The van der Waals surface area contributed by atoms with Crippen molar-refractivity contribution in [1.82, 2.24) is 15.8 Å². The highest BCUT2D eigenvalue weighted by atomic mass is 127. The van der Waals surface area contributed by atoms with Crippen LogP contribution in [-0.4, -0.2) is 37.4 Å². The molecule has 0 spiro atoms. The Labute approximate surface area is 174 Å². The second kappa shape index (κ2) is 10.5. The molecule has 2 unspecified atom stereocenters. The minimum atomic E-state index is 0. The summed E-state index contributed by atoms with van der Waals surface area (Å²) in [7, 11) is 1.79. The van der Waals surface area contributed by atoms with Crippen LogP contribution in [0, 0.1) is 11.3 Å². The first-order valence-electron chi connectivity index (χ1n) is 9.33. The number of aromatic nitrogens is 1. The van der Waals surface area contributed by atoms with Crippen molar-refractivity contribution in [2.45, 2.75) is 66.0 Å². The highest BCUT2D eigenvalue weighted by molar-refractivity contribution is 14.0. The molecular formula is C19H35IN4O2. The van der Waals surface area contributed by atoms with Crippen LogP contribution in [0.25, 0.3) is 0 Å². The summed E-state index contributed by atoms with van der Waals surface area (Å²) in [6.45, 7) is 13.3. The van der Waals surface area contributed by atoms with E-state index in [9.17, 15) is 0 Å². The summed E-state index contributed by atoms with van der Waals surface area (Å²) < 4.78 is 11.4. The molecule has 1 saturated heterocycles. The van der Waals surface area contributed by atoms with Crippen LogP contribution in [0.2, 0.25) is 0 Å². The maximum atomic E-state index is 6.05. The van der Waals surface area contributed by atoms with Gasteiger partial charge in [-0.15, -0.1) is 24.0 Å². The van der Waals surface area contributed by atoms with Gasteiger partial charge in [0.15, 0.2) is 11.7 Å². The van der Waals surface area contributed by atoms with Crippen molar-refractivity contribution in [3.63, 3.8) is 0 Å². The second-order valence-corrected chi connectivity index (χ2v) is 8.24. The van der Waals surface area contributed by atoms with Gasteiger partial charge >= 0.3 is 0 Å². The molecule has 1 aliphatic rings. The minimum Gasteiger partial charge on any atom is -0.377 e. The summed E-state index contributed by atoms with van der Waals surface area (Å²) in [6.07, 6.45) is 2.59. The Bertz CT molecular complexity index is 566. The number of ether oxygens (including phenoxy) is 1. The van der Waals surface area contributed by atoms with Crippen LogP contribution in [-0.2, 0) is 11.3 Å². The van der Waals surface area contributed by atoms with Gasteiger partial charge in [0.1, 0.15) is 0 Å². The number of halogens is 1. The third kappa shape index (κ3) is 6.72. The van der Waals surface area contributed by atoms with Crippen molar-refractivity contribution in [2.24, 2.45) is 16.3 Å². The lowest BCUT2D eigenvalue weighted by Crippen LogP contribution is -2.47. The first-order chi connectivity index (χ1) is 11.8. The van der Waals surface area contributed by atoms with Crippen molar-refractivity contribution in [2.75, 3.05) is 20.2 Å². The van der Waals surface area contributed by atoms with E-state index in [0.29, 0.717) is 18.4 Å². The molecule has 0 aliphatic carbocycles. The van der Waals surface area contributed by atoms with Gasteiger partial charge in [-0.3, -0.25) is 4.99 Å². The Morgan fingerprint density at radius 1 is 1.35 bits per heavy atom. The molecule has 0 amide bonds. The third-order valence-electron chi connectivity index (χ3n) is 4.65. The monoisotopic (exact) mass is 478 g/mol. The quantitative estimate of drug-likeness (QED) is 0.382. The van der Waals surface area contributed by atoms with Crippen LogP contribution in [0.15, 0.2) is 15.6 Å². The molecule has 0 aromatic carbocycles. The van der Waals surface area contributed by atoms with E-state index in [1.54, 1.807) is 7.05 Å². The number of guanidine groups is 1. The average molecular weight is 478 g/mol. The van der Waals surface area contributed by atoms with Gasteiger partial charge in [0.05, 0.1) is 18.3 Å². The molecule has 2 heterocycles. The van der Waals surface area contributed by atoms with E-state index in [0.717, 1.165) is 37.0 Å². The molecule has 2 N–H and O–H groups in total. The highest BCUT2D eigenvalue weighted by Gasteiger charge is 2.35. The topological polar surface area (TPSA) is 71.7 Å². The summed E-state index contributed by atoms with van der Waals surface area (Å²) >= 11 is 0. The van der Waals surface area contributed by atoms with Crippen molar-refractivity contribution in [3.05, 3.63) is 17.5 Å². The van der Waals surface area contributed by atoms with Crippen molar-refractivity contribution < 1.29 is 9.26 Å². The van der Waals surface area contributed by atoms with E-state index in [1.807, 2.05) is 6.07 Å². The lowest BCUT2D eigenvalue weighted by atomic mass is 9.78. The largest absolute Gasteiger partial charge is 0.377 e. The third-order valence-corrected chi connectivity index (χ3v) is 4.65. The normalized spacial score (nSPS) is 21.4. The summed E-state index contributed by atoms with van der Waals surface area (Å²) in [5, 5.41) is 10.8. The molecule has 2 rings (SSSR count). The first-order valence-corrected chi connectivity index (χ1v) is 9.33. The maximum Gasteiger partial charge on any atom is 0.191 e. The molecule has 1 aliphatic heterocycles. The number of nitrogens with one attached hydrogen (secondary N) is 2. The van der Waals surface area contributed by atoms with E-state index in [1.165, 1.54) is 6.42 Å². The number of aliphatic imine (C=N–C) groups is 1. The molecule has 0 saturated carbocycles. The predicted molar refractivity (Wildman–Crippen MR) is 116 cm³/mol. The van der Waals surface area contributed by atoms with Crippen LogP contribution >= 0.6 is 24.0 Å². The molecule has 26 heavy (non-hydrogen) atoms. The number of rotatable bonds is 5. The number of hydrogen-bond acceptors (Lipinski definition) is 4. The van der Waals surface area contributed by atoms with Crippen LogP contribution in [0.4, 0.5) is 0 Å². The van der Waals surface area contributed by atoms with Gasteiger partial charge in [0, 0.05) is 32.2 Å². The van der Waals surface area contributed by atoms with Crippen molar-refractivity contribution >= 4 is 29.9 Å². The Kier molecular flexibility index (Phi) is 9.36. The fraction of sp³-hybridized carbons (Fsp3) is 0.789. The zero-order valence-corrected chi connectivity index (χ0v) is 19.3. The van der Waals surface area contributed by atoms with Crippen LogP contribution in [0.1, 0.15) is 64.8 Å². The molecule has 7 heteroatoms. The second-order valence-electron chi connectivity index (χ2n) is 8.24. The Morgan fingerprint density at radius 3 is 2.65 bits per heavy atom. The van der Waals surface area contributed by atoms with Crippen LogP contribution in [0.3, 0.4) is 0 Å². The van der Waals surface area contributed by atoms with E-state index in [2.05, 4.69) is 55.4 Å². The number of hydrogen-bond donors (Lipinski definition) is 2. The highest BCUT2D eigenvalue weighted by Crippen LogP contribution is 2.33. The standard InChI is InChI=1S/C19H34N4O2.HI/c1-13(2)16-10-15(25-23-16)12-22-18(20-6)21-11-14-8-7-9-24-17(14)19(3,4)5;/h10,13-14,17H,7-9,11-12H2,1-6H3,(H2,20,21,22);1H. The van der Waals surface area contributed by atoms with Crippen LogP contribution < -0.4 is 10.6 Å². The van der Waals surface area contributed by atoms with E-state index < -0.39 is 0 Å². The summed E-state index contributed by atoms with van der Waals surface area (Å²) in [4.78, 5) is 4.31. The van der Waals surface area contributed by atoms with Gasteiger partial charge in [-0.2, -0.15) is 0 Å². The molecule has 150 valence electrons. The van der Waals surface area contributed by atoms with Gasteiger partial charge in [0.25, 0.3) is 0 Å². The van der Waals surface area contributed by atoms with E-state index >= 15 is 0 Å². The van der Waals surface area contributed by atoms with Gasteiger partial charge in [-0.25, -0.2) is 0 Å². The smallest absolute Gasteiger partial charge is 0.191 e. The zero-order valence-electron chi connectivity index (χ0n) is 17.0. The maximum absolute atomic E-state index is 6.05. The Balaban J connectivity index is 0.00000338. The van der Waals surface area contributed by atoms with Crippen molar-refractivity contribution in [1.29, 1.82) is 0 Å². The minimum absolute atomic E-state index is 0. The van der Waals surface area contributed by atoms with Gasteiger partial charge in [-0.05, 0) is 24.2 Å². The molecule has 1 aromatic rings. The summed E-state index contributed by atoms with van der Waals surface area (Å²) in [5.74, 6) is 2.46. The Morgan fingerprint density at radius 2 is 2.08 bits per heavy atom. The van der Waals surface area contributed by atoms with Crippen LogP contribution in [0.5, 0.6) is 0 Å². The fourth-order valence-corrected chi connectivity index (χ4v) is 3.31. The van der Waals surface area contributed by atoms with Crippen molar-refractivity contribution in [3.8, 4) is 0 Å². The molecule has 1 fully saturated rings. The van der Waals surface area contributed by atoms with E-state index in [4.69, 9.17) is 9.26 Å². The lowest BCUT2D eigenvalue weighted by molar-refractivity contribution is -0.0835. The predicted octanol–water partition coefficient (Wildman–Crippen LogP) is 3.92. The lowest BCUT2D eigenvalue weighted by Gasteiger charge is -2.40. The summed E-state index contributed by atoms with van der Waals surface area (Å²) in [6, 6.07) is 2.00.